The van der Waals surface area contributed by atoms with Crippen molar-refractivity contribution in [1.82, 2.24) is 5.32 Å². The van der Waals surface area contributed by atoms with Crippen molar-refractivity contribution >= 4 is 40.7 Å². The lowest BCUT2D eigenvalue weighted by atomic mass is 10.1. The van der Waals surface area contributed by atoms with Crippen LogP contribution in [0.25, 0.3) is 0 Å². The summed E-state index contributed by atoms with van der Waals surface area (Å²) in [5, 5.41) is 14.5. The second-order valence-electron chi connectivity index (χ2n) is 4.85. The number of hydrogen-bond acceptors (Lipinski definition) is 3. The summed E-state index contributed by atoms with van der Waals surface area (Å²) in [4.78, 5) is 23.8. The normalized spacial score (nSPS) is 9.88. The number of rotatable bonds is 5. The number of anilines is 1. The van der Waals surface area contributed by atoms with Crippen LogP contribution < -0.4 is 10.6 Å². The molecule has 0 atom stereocenters. The third-order valence-corrected chi connectivity index (χ3v) is 3.72. The SMILES string of the molecule is N#CCC(=O)NCc1ccccc1NC(=O)c1cc(Cl)ccc1Cl. The molecule has 5 nitrogen and oxygen atoms in total. The van der Waals surface area contributed by atoms with Crippen LogP contribution in [0.4, 0.5) is 5.69 Å². The van der Waals surface area contributed by atoms with Crippen LogP contribution in [0.5, 0.6) is 0 Å². The molecule has 0 aromatic heterocycles. The first kappa shape index (κ1) is 17.8. The average Bonchev–Trinajstić information content (AvgIpc) is 2.56. The van der Waals surface area contributed by atoms with Crippen molar-refractivity contribution < 1.29 is 9.59 Å². The average molecular weight is 362 g/mol. The number of nitrogens with zero attached hydrogens (tertiary/aromatic N) is 1. The van der Waals surface area contributed by atoms with E-state index in [0.29, 0.717) is 16.3 Å². The van der Waals surface area contributed by atoms with E-state index in [9.17, 15) is 9.59 Å². The Morgan fingerprint density at radius 1 is 1.12 bits per heavy atom. The van der Waals surface area contributed by atoms with Crippen molar-refractivity contribution in [2.75, 3.05) is 5.32 Å². The van der Waals surface area contributed by atoms with Gasteiger partial charge in [0.2, 0.25) is 5.91 Å². The van der Waals surface area contributed by atoms with Crippen molar-refractivity contribution in [3.05, 3.63) is 63.6 Å². The summed E-state index contributed by atoms with van der Waals surface area (Å²) in [6, 6.07) is 13.4. The maximum absolute atomic E-state index is 12.4. The van der Waals surface area contributed by atoms with Crippen LogP contribution in [0.15, 0.2) is 42.5 Å². The van der Waals surface area contributed by atoms with Crippen molar-refractivity contribution in [3.8, 4) is 6.07 Å². The molecule has 0 heterocycles. The lowest BCUT2D eigenvalue weighted by Crippen LogP contribution is -2.23. The molecule has 24 heavy (non-hydrogen) atoms. The largest absolute Gasteiger partial charge is 0.351 e. The number of para-hydroxylation sites is 1. The van der Waals surface area contributed by atoms with Gasteiger partial charge in [0.15, 0.2) is 0 Å². The van der Waals surface area contributed by atoms with Gasteiger partial charge in [0.25, 0.3) is 5.91 Å². The molecular weight excluding hydrogens is 349 g/mol. The lowest BCUT2D eigenvalue weighted by molar-refractivity contribution is -0.120. The van der Waals surface area contributed by atoms with Crippen LogP contribution in [0.1, 0.15) is 22.3 Å². The van der Waals surface area contributed by atoms with E-state index in [2.05, 4.69) is 10.6 Å². The highest BCUT2D eigenvalue weighted by molar-refractivity contribution is 6.36. The van der Waals surface area contributed by atoms with E-state index in [-0.39, 0.29) is 29.5 Å². The monoisotopic (exact) mass is 361 g/mol. The van der Waals surface area contributed by atoms with Crippen LogP contribution in [0.3, 0.4) is 0 Å². The summed E-state index contributed by atoms with van der Waals surface area (Å²) in [7, 11) is 0. The van der Waals surface area contributed by atoms with Gasteiger partial charge in [-0.25, -0.2) is 0 Å². The minimum atomic E-state index is -0.404. The van der Waals surface area contributed by atoms with Gasteiger partial charge in [-0.2, -0.15) is 5.26 Å². The Hall–Kier alpha value is -2.55. The fourth-order valence-electron chi connectivity index (χ4n) is 1.99. The topological polar surface area (TPSA) is 82.0 Å². The van der Waals surface area contributed by atoms with E-state index in [1.54, 1.807) is 42.5 Å². The van der Waals surface area contributed by atoms with E-state index < -0.39 is 5.91 Å². The molecule has 0 aliphatic heterocycles. The standard InChI is InChI=1S/C17H13Cl2N3O2/c18-12-5-6-14(19)13(9-12)17(24)22-15-4-2-1-3-11(15)10-21-16(23)7-8-20/h1-6,9H,7,10H2,(H,21,23)(H,22,24). The zero-order valence-electron chi connectivity index (χ0n) is 12.5. The van der Waals surface area contributed by atoms with E-state index in [1.165, 1.54) is 6.07 Å². The smallest absolute Gasteiger partial charge is 0.257 e. The number of hydrogen-bond donors (Lipinski definition) is 2. The first-order chi connectivity index (χ1) is 11.5. The molecule has 0 saturated carbocycles. The third kappa shape index (κ3) is 4.72. The molecule has 2 rings (SSSR count). The predicted molar refractivity (Wildman–Crippen MR) is 92.9 cm³/mol. The van der Waals surface area contributed by atoms with Crippen molar-refractivity contribution in [3.63, 3.8) is 0 Å². The zero-order chi connectivity index (χ0) is 17.5. The first-order valence-electron chi connectivity index (χ1n) is 6.99. The molecule has 0 unspecified atom stereocenters. The summed E-state index contributed by atoms with van der Waals surface area (Å²) >= 11 is 11.9. The minimum absolute atomic E-state index is 0.195. The third-order valence-electron chi connectivity index (χ3n) is 3.15. The Morgan fingerprint density at radius 3 is 2.62 bits per heavy atom. The molecule has 2 aromatic rings. The van der Waals surface area contributed by atoms with Crippen molar-refractivity contribution in [2.45, 2.75) is 13.0 Å². The van der Waals surface area contributed by atoms with E-state index >= 15 is 0 Å². The molecule has 0 saturated heterocycles. The highest BCUT2D eigenvalue weighted by Crippen LogP contribution is 2.23. The van der Waals surface area contributed by atoms with Gasteiger partial charge in [-0.3, -0.25) is 9.59 Å². The molecule has 7 heteroatoms. The molecule has 0 bridgehead atoms. The molecule has 0 radical (unpaired) electrons. The van der Waals surface area contributed by atoms with Crippen LogP contribution in [-0.2, 0) is 11.3 Å². The fraction of sp³-hybridized carbons (Fsp3) is 0.118. The number of halogens is 2. The fourth-order valence-corrected chi connectivity index (χ4v) is 2.36. The maximum atomic E-state index is 12.4. The summed E-state index contributed by atoms with van der Waals surface area (Å²) in [6.07, 6.45) is -0.216. The van der Waals surface area contributed by atoms with Gasteiger partial charge in [0, 0.05) is 17.3 Å². The van der Waals surface area contributed by atoms with E-state index in [0.717, 1.165) is 0 Å². The van der Waals surface area contributed by atoms with Crippen LogP contribution in [0.2, 0.25) is 10.0 Å². The Kier molecular flexibility index (Phi) is 6.19. The van der Waals surface area contributed by atoms with Gasteiger partial charge in [-0.05, 0) is 29.8 Å². The van der Waals surface area contributed by atoms with Gasteiger partial charge >= 0.3 is 0 Å². The van der Waals surface area contributed by atoms with Gasteiger partial charge in [0.05, 0.1) is 16.7 Å². The Labute approximate surface area is 149 Å². The van der Waals surface area contributed by atoms with Gasteiger partial charge < -0.3 is 10.6 Å². The molecule has 2 aromatic carbocycles. The van der Waals surface area contributed by atoms with Crippen molar-refractivity contribution in [1.29, 1.82) is 5.26 Å². The number of carbonyl (C=O) groups excluding carboxylic acids is 2. The summed E-state index contributed by atoms with van der Waals surface area (Å²) in [5.74, 6) is -0.783. The van der Waals surface area contributed by atoms with Crippen LogP contribution >= 0.6 is 23.2 Å². The molecule has 122 valence electrons. The highest BCUT2D eigenvalue weighted by Gasteiger charge is 2.13. The van der Waals surface area contributed by atoms with E-state index in [4.69, 9.17) is 28.5 Å². The van der Waals surface area contributed by atoms with Gasteiger partial charge in [-0.15, -0.1) is 0 Å². The van der Waals surface area contributed by atoms with Gasteiger partial charge in [0.1, 0.15) is 6.42 Å². The number of nitrogens with one attached hydrogen (secondary N) is 2. The number of benzene rings is 2. The molecular formula is C17H13Cl2N3O2. The molecule has 2 N–H and O–H groups in total. The predicted octanol–water partition coefficient (Wildman–Crippen LogP) is 3.78. The summed E-state index contributed by atoms with van der Waals surface area (Å²) < 4.78 is 0. The van der Waals surface area contributed by atoms with Gasteiger partial charge in [-0.1, -0.05) is 41.4 Å². The summed E-state index contributed by atoms with van der Waals surface area (Å²) in [6.45, 7) is 0.195. The second kappa shape index (κ2) is 8.34. The maximum Gasteiger partial charge on any atom is 0.257 e. The molecule has 2 amide bonds. The highest BCUT2D eigenvalue weighted by atomic mass is 35.5. The lowest BCUT2D eigenvalue weighted by Gasteiger charge is -2.12. The molecule has 0 aliphatic carbocycles. The Morgan fingerprint density at radius 2 is 1.88 bits per heavy atom. The van der Waals surface area contributed by atoms with E-state index in [1.807, 2.05) is 0 Å². The molecule has 0 spiro atoms. The molecule has 0 aliphatic rings. The molecule has 0 fully saturated rings. The minimum Gasteiger partial charge on any atom is -0.351 e. The second-order valence-corrected chi connectivity index (χ2v) is 5.69. The van der Waals surface area contributed by atoms with Crippen LogP contribution in [-0.4, -0.2) is 11.8 Å². The van der Waals surface area contributed by atoms with Crippen molar-refractivity contribution in [2.24, 2.45) is 0 Å². The summed E-state index contributed by atoms with van der Waals surface area (Å²) in [5.41, 5.74) is 1.50. The quantitative estimate of drug-likeness (QED) is 0.849. The Balaban J connectivity index is 2.15. The number of carbonyl (C=O) groups is 2. The number of amides is 2. The van der Waals surface area contributed by atoms with Crippen LogP contribution in [0, 0.1) is 11.3 Å². The zero-order valence-corrected chi connectivity index (χ0v) is 14.0. The Bertz CT molecular complexity index is 816. The first-order valence-corrected chi connectivity index (χ1v) is 7.75. The number of nitriles is 1.